The molecule has 34 heavy (non-hydrogen) atoms. The Morgan fingerprint density at radius 2 is 1.44 bits per heavy atom. The van der Waals surface area contributed by atoms with Crippen LogP contribution in [0.5, 0.6) is 0 Å². The van der Waals surface area contributed by atoms with Crippen molar-refractivity contribution in [2.24, 2.45) is 0 Å². The number of rotatable bonds is 7. The van der Waals surface area contributed by atoms with Crippen molar-refractivity contribution in [3.63, 3.8) is 0 Å². The molecule has 4 aromatic carbocycles. The van der Waals surface area contributed by atoms with Crippen LogP contribution < -0.4 is 10.2 Å². The smallest absolute Gasteiger partial charge is 0.282 e. The van der Waals surface area contributed by atoms with Gasteiger partial charge in [0.1, 0.15) is 5.70 Å². The number of carbonyl (C=O) groups excluding carboxylic acids is 2. The molecule has 0 aromatic heterocycles. The number of imide groups is 1. The highest BCUT2D eigenvalue weighted by Gasteiger charge is 2.40. The van der Waals surface area contributed by atoms with Crippen LogP contribution in [0.4, 0.5) is 11.4 Å². The largest absolute Gasteiger partial charge is 0.350 e. The number of anilines is 2. The highest BCUT2D eigenvalue weighted by atomic mass is 16.2. The van der Waals surface area contributed by atoms with Crippen LogP contribution in [-0.2, 0) is 16.0 Å². The minimum absolute atomic E-state index is 0.294. The quantitative estimate of drug-likeness (QED) is 0.326. The zero-order valence-electron chi connectivity index (χ0n) is 19.1. The summed E-state index contributed by atoms with van der Waals surface area (Å²) in [5, 5.41) is 5.37. The predicted octanol–water partition coefficient (Wildman–Crippen LogP) is 6.58. The Morgan fingerprint density at radius 1 is 0.735 bits per heavy atom. The summed E-state index contributed by atoms with van der Waals surface area (Å²) in [7, 11) is 0. The fourth-order valence-electron chi connectivity index (χ4n) is 4.41. The van der Waals surface area contributed by atoms with Gasteiger partial charge in [-0.15, -0.1) is 0 Å². The van der Waals surface area contributed by atoms with E-state index in [4.69, 9.17) is 0 Å². The summed E-state index contributed by atoms with van der Waals surface area (Å²) < 4.78 is 0. The number of hydrogen-bond acceptors (Lipinski definition) is 3. The van der Waals surface area contributed by atoms with Gasteiger partial charge in [0.05, 0.1) is 11.3 Å². The van der Waals surface area contributed by atoms with Gasteiger partial charge >= 0.3 is 0 Å². The highest BCUT2D eigenvalue weighted by molar-refractivity contribution is 6.46. The minimum Gasteiger partial charge on any atom is -0.350 e. The van der Waals surface area contributed by atoms with Crippen molar-refractivity contribution in [1.29, 1.82) is 0 Å². The van der Waals surface area contributed by atoms with Gasteiger partial charge in [-0.25, -0.2) is 4.90 Å². The van der Waals surface area contributed by atoms with Gasteiger partial charge in [-0.05, 0) is 47.6 Å². The van der Waals surface area contributed by atoms with Crippen LogP contribution in [0.15, 0.2) is 103 Å². The number of benzene rings is 4. The molecular weight excluding hydrogens is 420 g/mol. The van der Waals surface area contributed by atoms with Crippen molar-refractivity contribution in [3.05, 3.63) is 114 Å². The van der Waals surface area contributed by atoms with Crippen LogP contribution >= 0.6 is 0 Å². The third-order valence-electron chi connectivity index (χ3n) is 6.21. The van der Waals surface area contributed by atoms with E-state index in [0.717, 1.165) is 35.7 Å². The Bertz CT molecular complexity index is 1380. The lowest BCUT2D eigenvalue weighted by Gasteiger charge is -2.16. The molecule has 1 heterocycles. The molecule has 0 fully saturated rings. The number of nitrogens with zero attached hydrogens (tertiary/aromatic N) is 1. The SMILES string of the molecule is CCCCc1ccc(N2C(=O)C(Nc3cccc4ccccc34)=C(c3ccccc3)C2=O)cc1. The standard InChI is InChI=1S/C30H26N2O2/c1-2-3-10-21-17-19-24(20-18-21)32-29(33)27(23-12-5-4-6-13-23)28(30(32)34)31-26-16-9-14-22-11-7-8-15-25(22)26/h4-9,11-20,31H,2-3,10H2,1H3. The fraction of sp³-hybridized carbons (Fsp3) is 0.133. The van der Waals surface area contributed by atoms with E-state index in [9.17, 15) is 9.59 Å². The Hall–Kier alpha value is -4.18. The van der Waals surface area contributed by atoms with Crippen molar-refractivity contribution in [2.75, 3.05) is 10.2 Å². The zero-order valence-corrected chi connectivity index (χ0v) is 19.1. The maximum atomic E-state index is 13.7. The Balaban J connectivity index is 1.56. The molecule has 0 unspecified atom stereocenters. The third-order valence-corrected chi connectivity index (χ3v) is 6.21. The molecule has 2 amide bonds. The number of nitrogens with one attached hydrogen (secondary N) is 1. The van der Waals surface area contributed by atoms with E-state index in [1.807, 2.05) is 97.1 Å². The van der Waals surface area contributed by atoms with Crippen LogP contribution in [0.3, 0.4) is 0 Å². The first-order valence-corrected chi connectivity index (χ1v) is 11.7. The number of hydrogen-bond donors (Lipinski definition) is 1. The van der Waals surface area contributed by atoms with E-state index >= 15 is 0 Å². The number of unbranched alkanes of at least 4 members (excludes halogenated alkanes) is 1. The van der Waals surface area contributed by atoms with Crippen molar-refractivity contribution in [1.82, 2.24) is 0 Å². The van der Waals surface area contributed by atoms with Crippen LogP contribution in [0.25, 0.3) is 16.3 Å². The Morgan fingerprint density at radius 3 is 2.21 bits per heavy atom. The van der Waals surface area contributed by atoms with E-state index in [-0.39, 0.29) is 11.8 Å². The molecule has 0 bridgehead atoms. The van der Waals surface area contributed by atoms with Crippen LogP contribution in [0, 0.1) is 0 Å². The van der Waals surface area contributed by atoms with Crippen molar-refractivity contribution < 1.29 is 9.59 Å². The molecule has 0 spiro atoms. The lowest BCUT2D eigenvalue weighted by Crippen LogP contribution is -2.32. The Kier molecular flexibility index (Phi) is 5.96. The average molecular weight is 447 g/mol. The van der Waals surface area contributed by atoms with Gasteiger partial charge in [-0.3, -0.25) is 9.59 Å². The molecule has 4 aromatic rings. The molecule has 1 N–H and O–H groups in total. The van der Waals surface area contributed by atoms with Crippen molar-refractivity contribution >= 4 is 39.5 Å². The first-order valence-electron chi connectivity index (χ1n) is 11.7. The van der Waals surface area contributed by atoms with Crippen LogP contribution in [0.1, 0.15) is 30.9 Å². The first kappa shape index (κ1) is 21.7. The van der Waals surface area contributed by atoms with Crippen molar-refractivity contribution in [2.45, 2.75) is 26.2 Å². The number of carbonyl (C=O) groups is 2. The normalized spacial score (nSPS) is 13.7. The Labute approximate surface area is 199 Å². The van der Waals surface area contributed by atoms with E-state index < -0.39 is 0 Å². The number of amides is 2. The first-order chi connectivity index (χ1) is 16.7. The van der Waals surface area contributed by atoms with Gasteiger partial charge in [0.2, 0.25) is 0 Å². The second kappa shape index (κ2) is 9.36. The summed E-state index contributed by atoms with van der Waals surface area (Å²) in [4.78, 5) is 28.6. The molecule has 1 aliphatic heterocycles. The summed E-state index contributed by atoms with van der Waals surface area (Å²) >= 11 is 0. The second-order valence-corrected chi connectivity index (χ2v) is 8.48. The van der Waals surface area contributed by atoms with Gasteiger partial charge in [-0.2, -0.15) is 0 Å². The summed E-state index contributed by atoms with van der Waals surface area (Å²) in [5.41, 5.74) is 3.97. The zero-order chi connectivity index (χ0) is 23.5. The van der Waals surface area contributed by atoms with Gasteiger partial charge < -0.3 is 5.32 Å². The summed E-state index contributed by atoms with van der Waals surface area (Å²) in [5.74, 6) is -0.668. The monoisotopic (exact) mass is 446 g/mol. The minimum atomic E-state index is -0.349. The van der Waals surface area contributed by atoms with Gasteiger partial charge in [0.15, 0.2) is 0 Å². The van der Waals surface area contributed by atoms with Gasteiger partial charge in [0, 0.05) is 11.1 Å². The van der Waals surface area contributed by atoms with E-state index in [1.54, 1.807) is 0 Å². The van der Waals surface area contributed by atoms with Crippen molar-refractivity contribution in [3.8, 4) is 0 Å². The average Bonchev–Trinajstić information content (AvgIpc) is 3.12. The van der Waals surface area contributed by atoms with Gasteiger partial charge in [-0.1, -0.05) is 92.2 Å². The number of aryl methyl sites for hydroxylation is 1. The topological polar surface area (TPSA) is 49.4 Å². The lowest BCUT2D eigenvalue weighted by molar-refractivity contribution is -0.120. The third kappa shape index (κ3) is 3.99. The molecule has 5 rings (SSSR count). The summed E-state index contributed by atoms with van der Waals surface area (Å²) in [6.07, 6.45) is 3.22. The highest BCUT2D eigenvalue weighted by Crippen LogP contribution is 2.35. The maximum Gasteiger partial charge on any atom is 0.282 e. The molecule has 0 saturated carbocycles. The van der Waals surface area contributed by atoms with Crippen LogP contribution in [0.2, 0.25) is 0 Å². The molecule has 0 atom stereocenters. The lowest BCUT2D eigenvalue weighted by atomic mass is 10.0. The molecule has 168 valence electrons. The molecular formula is C30H26N2O2. The van der Waals surface area contributed by atoms with E-state index in [1.165, 1.54) is 10.5 Å². The van der Waals surface area contributed by atoms with E-state index in [2.05, 4.69) is 12.2 Å². The molecule has 0 saturated heterocycles. The number of fused-ring (bicyclic) bond motifs is 1. The molecule has 4 nitrogen and oxygen atoms in total. The summed E-state index contributed by atoms with van der Waals surface area (Å²) in [6.45, 7) is 2.16. The second-order valence-electron chi connectivity index (χ2n) is 8.48. The van der Waals surface area contributed by atoms with Crippen LogP contribution in [-0.4, -0.2) is 11.8 Å². The fourth-order valence-corrected chi connectivity index (χ4v) is 4.41. The molecule has 4 heteroatoms. The summed E-state index contributed by atoms with van der Waals surface area (Å²) in [6, 6.07) is 31.0. The molecule has 1 aliphatic rings. The molecule has 0 radical (unpaired) electrons. The van der Waals surface area contributed by atoms with E-state index in [0.29, 0.717) is 22.5 Å². The predicted molar refractivity (Wildman–Crippen MR) is 138 cm³/mol. The maximum absolute atomic E-state index is 13.7. The van der Waals surface area contributed by atoms with Gasteiger partial charge in [0.25, 0.3) is 11.8 Å². The molecule has 0 aliphatic carbocycles.